The molecule has 2 heteroatoms. The number of allylic oxidation sites excluding steroid dienone is 1. The number of hydrogen-bond acceptors (Lipinski definition) is 1. The largest absolute Gasteiger partial charge is 0.158 e. The highest BCUT2D eigenvalue weighted by Gasteiger charge is 1.83. The smallest absolute Gasteiger partial charge is 0.0231 e. The molecule has 0 aliphatic carbocycles. The summed E-state index contributed by atoms with van der Waals surface area (Å²) in [6, 6.07) is 0. The van der Waals surface area contributed by atoms with Crippen LogP contribution in [0.4, 0.5) is 0 Å². The van der Waals surface area contributed by atoms with Gasteiger partial charge in [0.25, 0.3) is 0 Å². The second-order valence-corrected chi connectivity index (χ2v) is 3.21. The highest BCUT2D eigenvalue weighted by Crippen LogP contribution is 2.02. The van der Waals surface area contributed by atoms with E-state index >= 15 is 0 Å². The van der Waals surface area contributed by atoms with E-state index in [1.54, 1.807) is 0 Å². The first kappa shape index (κ1) is 9.38. The number of alkyl halides is 1. The van der Waals surface area contributed by atoms with Gasteiger partial charge in [-0.15, -0.1) is 11.6 Å². The molecule has 0 atom stereocenters. The van der Waals surface area contributed by atoms with Gasteiger partial charge in [0.15, 0.2) is 0 Å². The Morgan fingerprint density at radius 2 is 2.33 bits per heavy atom. The summed E-state index contributed by atoms with van der Waals surface area (Å²) in [5, 5.41) is 0. The lowest BCUT2D eigenvalue weighted by Crippen LogP contribution is -1.80. The summed E-state index contributed by atoms with van der Waals surface area (Å²) in [6.07, 6.45) is 5.37. The molecule has 9 heavy (non-hydrogen) atoms. The molecule has 0 amide bonds. The molecule has 0 saturated carbocycles. The average molecular weight is 165 g/mol. The fourth-order valence-corrected chi connectivity index (χ4v) is 1.54. The van der Waals surface area contributed by atoms with Crippen molar-refractivity contribution < 1.29 is 0 Å². The third kappa shape index (κ3) is 8.38. The van der Waals surface area contributed by atoms with Crippen molar-refractivity contribution in [2.75, 3.05) is 17.4 Å². The SMILES string of the molecule is C/C=C/CSCCCCl. The maximum Gasteiger partial charge on any atom is 0.0231 e. The molecule has 0 aromatic heterocycles. The monoisotopic (exact) mass is 164 g/mol. The van der Waals surface area contributed by atoms with Crippen LogP contribution in [-0.4, -0.2) is 17.4 Å². The molecule has 0 N–H and O–H groups in total. The van der Waals surface area contributed by atoms with Crippen molar-refractivity contribution in [1.82, 2.24) is 0 Å². The van der Waals surface area contributed by atoms with E-state index in [0.29, 0.717) is 0 Å². The van der Waals surface area contributed by atoms with Crippen LogP contribution in [0.1, 0.15) is 13.3 Å². The second-order valence-electron chi connectivity index (χ2n) is 1.69. The highest BCUT2D eigenvalue weighted by atomic mass is 35.5. The van der Waals surface area contributed by atoms with Crippen molar-refractivity contribution in [3.63, 3.8) is 0 Å². The van der Waals surface area contributed by atoms with E-state index < -0.39 is 0 Å². The van der Waals surface area contributed by atoms with Crippen molar-refractivity contribution in [3.8, 4) is 0 Å². The number of halogens is 1. The highest BCUT2D eigenvalue weighted by molar-refractivity contribution is 7.99. The standard InChI is InChI=1S/C7H13ClS/c1-2-3-6-9-7-4-5-8/h2-3H,4-7H2,1H3/b3-2+. The maximum absolute atomic E-state index is 5.48. The zero-order chi connectivity index (χ0) is 6.95. The van der Waals surface area contributed by atoms with Crippen molar-refractivity contribution in [2.45, 2.75) is 13.3 Å². The van der Waals surface area contributed by atoms with Crippen LogP contribution in [0, 0.1) is 0 Å². The Bertz CT molecular complexity index is 71.3. The van der Waals surface area contributed by atoms with Gasteiger partial charge in [-0.2, -0.15) is 11.8 Å². The Morgan fingerprint density at radius 3 is 2.89 bits per heavy atom. The molecular formula is C7H13ClS. The van der Waals surface area contributed by atoms with Gasteiger partial charge in [-0.3, -0.25) is 0 Å². The molecule has 0 aromatic carbocycles. The van der Waals surface area contributed by atoms with Gasteiger partial charge in [-0.1, -0.05) is 12.2 Å². The quantitative estimate of drug-likeness (QED) is 0.342. The van der Waals surface area contributed by atoms with Gasteiger partial charge in [0.2, 0.25) is 0 Å². The first-order valence-corrected chi connectivity index (χ1v) is 4.85. The molecule has 0 heterocycles. The molecule has 0 bridgehead atoms. The summed E-state index contributed by atoms with van der Waals surface area (Å²) in [5.41, 5.74) is 0. The summed E-state index contributed by atoms with van der Waals surface area (Å²) < 4.78 is 0. The first-order valence-electron chi connectivity index (χ1n) is 3.16. The van der Waals surface area contributed by atoms with Crippen LogP contribution in [0.15, 0.2) is 12.2 Å². The van der Waals surface area contributed by atoms with Crippen molar-refractivity contribution in [2.24, 2.45) is 0 Å². The Balaban J connectivity index is 2.75. The number of thioether (sulfide) groups is 1. The lowest BCUT2D eigenvalue weighted by molar-refractivity contribution is 1.12. The second kappa shape index (κ2) is 8.38. The van der Waals surface area contributed by atoms with Crippen LogP contribution >= 0.6 is 23.4 Å². The summed E-state index contributed by atoms with van der Waals surface area (Å²) in [5.74, 6) is 3.12. The Kier molecular flexibility index (Phi) is 8.73. The fourth-order valence-electron chi connectivity index (χ4n) is 0.404. The minimum Gasteiger partial charge on any atom is -0.158 e. The van der Waals surface area contributed by atoms with Crippen molar-refractivity contribution >= 4 is 23.4 Å². The molecule has 0 rings (SSSR count). The zero-order valence-electron chi connectivity index (χ0n) is 5.77. The third-order valence-electron chi connectivity index (χ3n) is 0.872. The maximum atomic E-state index is 5.48. The zero-order valence-corrected chi connectivity index (χ0v) is 7.34. The lowest BCUT2D eigenvalue weighted by atomic mass is 10.6. The van der Waals surface area contributed by atoms with Crippen LogP contribution in [-0.2, 0) is 0 Å². The van der Waals surface area contributed by atoms with Crippen molar-refractivity contribution in [3.05, 3.63) is 12.2 Å². The number of hydrogen-bond donors (Lipinski definition) is 0. The van der Waals surface area contributed by atoms with Crippen LogP contribution in [0.5, 0.6) is 0 Å². The molecule has 0 aromatic rings. The molecule has 0 aliphatic heterocycles. The van der Waals surface area contributed by atoms with Crippen LogP contribution in [0.25, 0.3) is 0 Å². The van der Waals surface area contributed by atoms with Gasteiger partial charge in [0.05, 0.1) is 0 Å². The van der Waals surface area contributed by atoms with E-state index in [9.17, 15) is 0 Å². The molecule has 0 fully saturated rings. The molecule has 0 aliphatic rings. The van der Waals surface area contributed by atoms with E-state index in [0.717, 1.165) is 18.1 Å². The molecule has 0 unspecified atom stereocenters. The van der Waals surface area contributed by atoms with E-state index in [4.69, 9.17) is 11.6 Å². The molecule has 0 saturated heterocycles. The van der Waals surface area contributed by atoms with Gasteiger partial charge in [-0.25, -0.2) is 0 Å². The summed E-state index contributed by atoms with van der Waals surface area (Å²) >= 11 is 7.41. The topological polar surface area (TPSA) is 0 Å². The predicted molar refractivity (Wildman–Crippen MR) is 47.5 cm³/mol. The lowest BCUT2D eigenvalue weighted by Gasteiger charge is -1.92. The predicted octanol–water partition coefficient (Wildman–Crippen LogP) is 2.92. The average Bonchev–Trinajstić information content (AvgIpc) is 1.89. The number of rotatable bonds is 5. The van der Waals surface area contributed by atoms with Gasteiger partial charge in [0.1, 0.15) is 0 Å². The summed E-state index contributed by atoms with van der Waals surface area (Å²) in [4.78, 5) is 0. The van der Waals surface area contributed by atoms with Crippen molar-refractivity contribution in [1.29, 1.82) is 0 Å². The first-order chi connectivity index (χ1) is 4.41. The van der Waals surface area contributed by atoms with Crippen LogP contribution in [0.2, 0.25) is 0 Å². The van der Waals surface area contributed by atoms with E-state index in [-0.39, 0.29) is 0 Å². The molecule has 0 nitrogen and oxygen atoms in total. The van der Waals surface area contributed by atoms with E-state index in [1.165, 1.54) is 5.75 Å². The van der Waals surface area contributed by atoms with Gasteiger partial charge in [0, 0.05) is 11.6 Å². The molecular weight excluding hydrogens is 152 g/mol. The van der Waals surface area contributed by atoms with Gasteiger partial charge in [-0.05, 0) is 19.1 Å². The molecule has 0 spiro atoms. The summed E-state index contributed by atoms with van der Waals surface area (Å²) in [6.45, 7) is 2.04. The minimum atomic E-state index is 0.794. The third-order valence-corrected chi connectivity index (χ3v) is 2.14. The minimum absolute atomic E-state index is 0.794. The van der Waals surface area contributed by atoms with E-state index in [2.05, 4.69) is 12.2 Å². The fraction of sp³-hybridized carbons (Fsp3) is 0.714. The Hall–Kier alpha value is 0.380. The Labute approximate surface area is 66.7 Å². The van der Waals surface area contributed by atoms with Gasteiger partial charge < -0.3 is 0 Å². The van der Waals surface area contributed by atoms with Crippen LogP contribution < -0.4 is 0 Å². The summed E-state index contributed by atoms with van der Waals surface area (Å²) in [7, 11) is 0. The van der Waals surface area contributed by atoms with Crippen LogP contribution in [0.3, 0.4) is 0 Å². The normalized spacial score (nSPS) is 10.9. The molecule has 0 radical (unpaired) electrons. The van der Waals surface area contributed by atoms with E-state index in [1.807, 2.05) is 18.7 Å². The van der Waals surface area contributed by atoms with Gasteiger partial charge >= 0.3 is 0 Å². The molecule has 54 valence electrons. The Morgan fingerprint density at radius 1 is 1.56 bits per heavy atom.